The van der Waals surface area contributed by atoms with Gasteiger partial charge in [-0.15, -0.1) is 11.8 Å². The Bertz CT molecular complexity index is 819. The predicted molar refractivity (Wildman–Crippen MR) is 107 cm³/mol. The largest absolute Gasteiger partial charge is 0.355 e. The number of carbonyl (C=O) groups excluding carboxylic acids is 2. The lowest BCUT2D eigenvalue weighted by atomic mass is 10.0. The first kappa shape index (κ1) is 18.5. The van der Waals surface area contributed by atoms with E-state index in [4.69, 9.17) is 0 Å². The third-order valence-corrected chi connectivity index (χ3v) is 5.60. The molecule has 1 aliphatic heterocycles. The molecule has 2 amide bonds. The molecular weight excluding hydrogens is 344 g/mol. The van der Waals surface area contributed by atoms with Gasteiger partial charge in [0.1, 0.15) is 6.54 Å². The minimum atomic E-state index is -0.110. The number of nitrogens with zero attached hydrogens (tertiary/aromatic N) is 1. The number of nitrogens with one attached hydrogen (secondary N) is 1. The number of anilines is 1. The molecule has 1 N–H and O–H groups in total. The summed E-state index contributed by atoms with van der Waals surface area (Å²) in [7, 11) is 0. The van der Waals surface area contributed by atoms with E-state index in [1.54, 1.807) is 4.90 Å². The SMILES string of the molecule is Cc1ccc(CCCNC(=O)CN2C(=O)CSc3ccccc32)c(C)c1. The minimum absolute atomic E-state index is 0.0147. The number of hydrogen-bond acceptors (Lipinski definition) is 3. The zero-order chi connectivity index (χ0) is 18.5. The minimum Gasteiger partial charge on any atom is -0.355 e. The van der Waals surface area contributed by atoms with Crippen LogP contribution >= 0.6 is 11.8 Å². The van der Waals surface area contributed by atoms with Crippen molar-refractivity contribution in [1.29, 1.82) is 0 Å². The fourth-order valence-corrected chi connectivity index (χ4v) is 4.10. The molecule has 0 radical (unpaired) electrons. The zero-order valence-electron chi connectivity index (χ0n) is 15.2. The van der Waals surface area contributed by atoms with Crippen molar-refractivity contribution >= 4 is 29.3 Å². The first-order valence-electron chi connectivity index (χ1n) is 8.89. The van der Waals surface area contributed by atoms with Crippen molar-refractivity contribution in [2.45, 2.75) is 31.6 Å². The predicted octanol–water partition coefficient (Wildman–Crippen LogP) is 3.49. The standard InChI is InChI=1S/C21H24N2O2S/c1-15-9-10-17(16(2)12-15)6-5-11-22-20(24)13-23-18-7-3-4-8-19(18)26-14-21(23)25/h3-4,7-10,12H,5-6,11,13-14H2,1-2H3,(H,22,24). The molecule has 0 saturated carbocycles. The van der Waals surface area contributed by atoms with Crippen molar-refractivity contribution in [3.63, 3.8) is 0 Å². The van der Waals surface area contributed by atoms with Crippen molar-refractivity contribution < 1.29 is 9.59 Å². The first-order chi connectivity index (χ1) is 12.5. The molecule has 0 bridgehead atoms. The summed E-state index contributed by atoms with van der Waals surface area (Å²) in [5.74, 6) is 0.261. The molecule has 4 nitrogen and oxygen atoms in total. The quantitative estimate of drug-likeness (QED) is 0.794. The smallest absolute Gasteiger partial charge is 0.240 e. The number of fused-ring (bicyclic) bond motifs is 1. The molecular formula is C21H24N2O2S. The molecule has 0 aromatic heterocycles. The van der Waals surface area contributed by atoms with Crippen LogP contribution in [0.1, 0.15) is 23.1 Å². The number of aryl methyl sites for hydroxylation is 3. The van der Waals surface area contributed by atoms with E-state index in [9.17, 15) is 9.59 Å². The molecule has 0 saturated heterocycles. The summed E-state index contributed by atoms with van der Waals surface area (Å²) in [6.07, 6.45) is 1.82. The number of amides is 2. The van der Waals surface area contributed by atoms with Gasteiger partial charge in [-0.05, 0) is 49.9 Å². The van der Waals surface area contributed by atoms with E-state index in [1.807, 2.05) is 24.3 Å². The lowest BCUT2D eigenvalue weighted by Gasteiger charge is -2.28. The molecule has 0 spiro atoms. The highest BCUT2D eigenvalue weighted by Gasteiger charge is 2.25. The fourth-order valence-electron chi connectivity index (χ4n) is 3.16. The highest BCUT2D eigenvalue weighted by Crippen LogP contribution is 2.34. The summed E-state index contributed by atoms with van der Waals surface area (Å²) in [6.45, 7) is 4.92. The zero-order valence-corrected chi connectivity index (χ0v) is 16.1. The number of para-hydroxylation sites is 1. The molecule has 1 heterocycles. The molecule has 0 fully saturated rings. The Kier molecular flexibility index (Phi) is 5.99. The van der Waals surface area contributed by atoms with Gasteiger partial charge < -0.3 is 10.2 Å². The van der Waals surface area contributed by atoms with Crippen LogP contribution in [0.5, 0.6) is 0 Å². The Morgan fingerprint density at radius 1 is 1.19 bits per heavy atom. The Hall–Kier alpha value is -2.27. The van der Waals surface area contributed by atoms with Gasteiger partial charge in [0.25, 0.3) is 0 Å². The van der Waals surface area contributed by atoms with Crippen molar-refractivity contribution in [3.8, 4) is 0 Å². The normalized spacial score (nSPS) is 13.5. The van der Waals surface area contributed by atoms with E-state index in [2.05, 4.69) is 37.4 Å². The number of rotatable bonds is 6. The van der Waals surface area contributed by atoms with Gasteiger partial charge in [-0.25, -0.2) is 0 Å². The third kappa shape index (κ3) is 4.47. The van der Waals surface area contributed by atoms with Crippen LogP contribution in [0.4, 0.5) is 5.69 Å². The van der Waals surface area contributed by atoms with Crippen molar-refractivity contribution in [3.05, 3.63) is 59.2 Å². The van der Waals surface area contributed by atoms with Gasteiger partial charge in [0.15, 0.2) is 0 Å². The third-order valence-electron chi connectivity index (χ3n) is 4.55. The maximum absolute atomic E-state index is 12.3. The first-order valence-corrected chi connectivity index (χ1v) is 9.88. The Balaban J connectivity index is 1.49. The van der Waals surface area contributed by atoms with E-state index in [1.165, 1.54) is 28.5 Å². The van der Waals surface area contributed by atoms with E-state index in [0.29, 0.717) is 12.3 Å². The Labute approximate surface area is 159 Å². The van der Waals surface area contributed by atoms with Crippen LogP contribution in [0.25, 0.3) is 0 Å². The summed E-state index contributed by atoms with van der Waals surface area (Å²) in [5.41, 5.74) is 4.72. The summed E-state index contributed by atoms with van der Waals surface area (Å²) in [6, 6.07) is 14.2. The maximum atomic E-state index is 12.3. The van der Waals surface area contributed by atoms with E-state index in [-0.39, 0.29) is 18.4 Å². The van der Waals surface area contributed by atoms with Crippen molar-refractivity contribution in [2.75, 3.05) is 23.7 Å². The van der Waals surface area contributed by atoms with Crippen LogP contribution in [-0.4, -0.2) is 30.7 Å². The number of hydrogen-bond donors (Lipinski definition) is 1. The molecule has 0 aliphatic carbocycles. The second-order valence-electron chi connectivity index (χ2n) is 6.62. The summed E-state index contributed by atoms with van der Waals surface area (Å²) in [4.78, 5) is 27.1. The molecule has 0 unspecified atom stereocenters. The van der Waals surface area contributed by atoms with E-state index < -0.39 is 0 Å². The van der Waals surface area contributed by atoms with Gasteiger partial charge >= 0.3 is 0 Å². The van der Waals surface area contributed by atoms with Crippen LogP contribution in [-0.2, 0) is 16.0 Å². The van der Waals surface area contributed by atoms with Gasteiger partial charge in [-0.3, -0.25) is 9.59 Å². The summed E-state index contributed by atoms with van der Waals surface area (Å²) in [5, 5.41) is 2.94. The summed E-state index contributed by atoms with van der Waals surface area (Å²) < 4.78 is 0. The van der Waals surface area contributed by atoms with Gasteiger partial charge in [0, 0.05) is 11.4 Å². The molecule has 5 heteroatoms. The lowest BCUT2D eigenvalue weighted by Crippen LogP contribution is -2.43. The Morgan fingerprint density at radius 2 is 2.00 bits per heavy atom. The molecule has 136 valence electrons. The molecule has 26 heavy (non-hydrogen) atoms. The van der Waals surface area contributed by atoms with Crippen LogP contribution in [0.2, 0.25) is 0 Å². The number of thioether (sulfide) groups is 1. The van der Waals surface area contributed by atoms with Gasteiger partial charge in [-0.2, -0.15) is 0 Å². The van der Waals surface area contributed by atoms with E-state index >= 15 is 0 Å². The molecule has 1 aliphatic rings. The van der Waals surface area contributed by atoms with Gasteiger partial charge in [0.2, 0.25) is 11.8 Å². The van der Waals surface area contributed by atoms with Crippen LogP contribution in [0.3, 0.4) is 0 Å². The molecule has 0 atom stereocenters. The number of benzene rings is 2. The lowest BCUT2D eigenvalue weighted by molar-refractivity contribution is -0.122. The van der Waals surface area contributed by atoms with Crippen LogP contribution in [0, 0.1) is 13.8 Å². The highest BCUT2D eigenvalue weighted by molar-refractivity contribution is 8.00. The van der Waals surface area contributed by atoms with Crippen LogP contribution < -0.4 is 10.2 Å². The van der Waals surface area contributed by atoms with Crippen LogP contribution in [0.15, 0.2) is 47.4 Å². The fraction of sp³-hybridized carbons (Fsp3) is 0.333. The maximum Gasteiger partial charge on any atom is 0.240 e. The topological polar surface area (TPSA) is 49.4 Å². The molecule has 2 aromatic carbocycles. The average Bonchev–Trinajstić information content (AvgIpc) is 2.62. The van der Waals surface area contributed by atoms with Gasteiger partial charge in [-0.1, -0.05) is 35.9 Å². The molecule has 2 aromatic rings. The summed E-state index contributed by atoms with van der Waals surface area (Å²) >= 11 is 1.53. The monoisotopic (exact) mass is 368 g/mol. The van der Waals surface area contributed by atoms with Crippen molar-refractivity contribution in [2.24, 2.45) is 0 Å². The Morgan fingerprint density at radius 3 is 2.81 bits per heavy atom. The average molecular weight is 369 g/mol. The second kappa shape index (κ2) is 8.41. The van der Waals surface area contributed by atoms with E-state index in [0.717, 1.165) is 23.4 Å². The highest BCUT2D eigenvalue weighted by atomic mass is 32.2. The molecule has 3 rings (SSSR count). The van der Waals surface area contributed by atoms with Gasteiger partial charge in [0.05, 0.1) is 11.4 Å². The number of carbonyl (C=O) groups is 2. The van der Waals surface area contributed by atoms with Crippen molar-refractivity contribution in [1.82, 2.24) is 5.32 Å². The second-order valence-corrected chi connectivity index (χ2v) is 7.64.